The SMILES string of the molecule is O=S(=O)=C1CN(c2ccc3c(c2)CCNCC3)c2ccccc21. The molecule has 0 atom stereocenters. The molecule has 1 N–H and O–H groups in total. The first kappa shape index (κ1) is 14.5. The van der Waals surface area contributed by atoms with E-state index in [-0.39, 0.29) is 0 Å². The van der Waals surface area contributed by atoms with E-state index in [1.54, 1.807) is 0 Å². The molecule has 0 radical (unpaired) electrons. The van der Waals surface area contributed by atoms with Crippen molar-refractivity contribution in [2.45, 2.75) is 12.8 Å². The van der Waals surface area contributed by atoms with Gasteiger partial charge in [0.1, 0.15) is 4.86 Å². The molecule has 2 aromatic rings. The fourth-order valence-electron chi connectivity index (χ4n) is 3.46. The van der Waals surface area contributed by atoms with Gasteiger partial charge in [-0.05, 0) is 55.3 Å². The van der Waals surface area contributed by atoms with E-state index < -0.39 is 10.3 Å². The predicted octanol–water partition coefficient (Wildman–Crippen LogP) is 1.93. The van der Waals surface area contributed by atoms with E-state index in [4.69, 9.17) is 0 Å². The van der Waals surface area contributed by atoms with Gasteiger partial charge in [-0.3, -0.25) is 0 Å². The Morgan fingerprint density at radius 3 is 2.57 bits per heavy atom. The standard InChI is InChI=1S/C18H18N2O2S/c21-23(22)18-12-20(17-4-2-1-3-16(17)18)15-6-5-13-7-9-19-10-8-14(13)11-15/h1-6,11,19H,7-10,12H2. The van der Waals surface area contributed by atoms with Crippen LogP contribution in [0, 0.1) is 0 Å². The van der Waals surface area contributed by atoms with Crippen molar-refractivity contribution in [1.29, 1.82) is 0 Å². The zero-order valence-electron chi connectivity index (χ0n) is 12.7. The number of para-hydroxylation sites is 1. The van der Waals surface area contributed by atoms with Gasteiger partial charge < -0.3 is 10.2 Å². The summed E-state index contributed by atoms with van der Waals surface area (Å²) in [6, 6.07) is 14.2. The Hall–Kier alpha value is -2.11. The Morgan fingerprint density at radius 1 is 0.957 bits per heavy atom. The number of hydrogen-bond donors (Lipinski definition) is 1. The van der Waals surface area contributed by atoms with Gasteiger partial charge in [0.25, 0.3) is 0 Å². The summed E-state index contributed by atoms with van der Waals surface area (Å²) in [5.41, 5.74) is 5.61. The fourth-order valence-corrected chi connectivity index (χ4v) is 4.05. The van der Waals surface area contributed by atoms with Gasteiger partial charge in [-0.1, -0.05) is 24.3 Å². The topological polar surface area (TPSA) is 49.4 Å². The Bertz CT molecular complexity index is 895. The second-order valence-corrected chi connectivity index (χ2v) is 6.93. The molecular formula is C18H18N2O2S. The Labute approximate surface area is 137 Å². The number of nitrogens with zero attached hydrogens (tertiary/aromatic N) is 1. The average molecular weight is 326 g/mol. The molecule has 0 saturated heterocycles. The number of anilines is 2. The molecule has 0 unspecified atom stereocenters. The van der Waals surface area contributed by atoms with Crippen LogP contribution >= 0.6 is 0 Å². The van der Waals surface area contributed by atoms with E-state index in [2.05, 4.69) is 28.4 Å². The molecule has 0 saturated carbocycles. The molecule has 2 aliphatic rings. The fraction of sp³-hybridized carbons (Fsp3) is 0.278. The molecule has 4 nitrogen and oxygen atoms in total. The highest BCUT2D eigenvalue weighted by atomic mass is 32.2. The van der Waals surface area contributed by atoms with Gasteiger partial charge in [-0.15, -0.1) is 0 Å². The molecular weight excluding hydrogens is 308 g/mol. The summed E-state index contributed by atoms with van der Waals surface area (Å²) >= 11 is 0. The maximum Gasteiger partial charge on any atom is 0.219 e. The van der Waals surface area contributed by atoms with Crippen LogP contribution < -0.4 is 10.2 Å². The second kappa shape index (κ2) is 5.83. The van der Waals surface area contributed by atoms with Gasteiger partial charge in [0, 0.05) is 11.3 Å². The lowest BCUT2D eigenvalue weighted by molar-refractivity contribution is 0.627. The zero-order chi connectivity index (χ0) is 15.8. The minimum absolute atomic E-state index is 0.409. The van der Waals surface area contributed by atoms with Gasteiger partial charge in [-0.25, -0.2) is 0 Å². The highest BCUT2D eigenvalue weighted by Crippen LogP contribution is 2.35. The van der Waals surface area contributed by atoms with E-state index in [0.29, 0.717) is 11.4 Å². The summed E-state index contributed by atoms with van der Waals surface area (Å²) in [7, 11) is -2.19. The predicted molar refractivity (Wildman–Crippen MR) is 93.2 cm³/mol. The Kier molecular flexibility index (Phi) is 3.67. The first-order chi connectivity index (χ1) is 11.2. The Balaban J connectivity index is 1.80. The quantitative estimate of drug-likeness (QED) is 0.814. The van der Waals surface area contributed by atoms with Gasteiger partial charge in [0.05, 0.1) is 12.2 Å². The molecule has 118 valence electrons. The maximum atomic E-state index is 11.5. The second-order valence-electron chi connectivity index (χ2n) is 5.96. The number of benzene rings is 2. The van der Waals surface area contributed by atoms with Gasteiger partial charge in [-0.2, -0.15) is 8.42 Å². The molecule has 2 aliphatic heterocycles. The summed E-state index contributed by atoms with van der Waals surface area (Å²) in [5, 5.41) is 3.42. The number of rotatable bonds is 1. The van der Waals surface area contributed by atoms with Gasteiger partial charge >= 0.3 is 0 Å². The number of hydrogen-bond acceptors (Lipinski definition) is 4. The molecule has 2 heterocycles. The minimum Gasteiger partial charge on any atom is -0.335 e. The monoisotopic (exact) mass is 326 g/mol. The third-order valence-electron chi connectivity index (χ3n) is 4.64. The molecule has 0 amide bonds. The smallest absolute Gasteiger partial charge is 0.219 e. The Morgan fingerprint density at radius 2 is 1.74 bits per heavy atom. The first-order valence-electron chi connectivity index (χ1n) is 7.88. The molecule has 2 aromatic carbocycles. The van der Waals surface area contributed by atoms with E-state index in [9.17, 15) is 8.42 Å². The van der Waals surface area contributed by atoms with Gasteiger partial charge in [0.2, 0.25) is 10.3 Å². The van der Waals surface area contributed by atoms with Crippen LogP contribution in [-0.4, -0.2) is 32.9 Å². The number of nitrogens with one attached hydrogen (secondary N) is 1. The molecule has 0 fully saturated rings. The maximum absolute atomic E-state index is 11.5. The zero-order valence-corrected chi connectivity index (χ0v) is 13.6. The molecule has 0 aromatic heterocycles. The van der Waals surface area contributed by atoms with Crippen molar-refractivity contribution < 1.29 is 8.42 Å². The molecule has 5 heteroatoms. The van der Waals surface area contributed by atoms with Crippen molar-refractivity contribution >= 4 is 26.5 Å². The highest BCUT2D eigenvalue weighted by Gasteiger charge is 2.27. The lowest BCUT2D eigenvalue weighted by atomic mass is 10.0. The van der Waals surface area contributed by atoms with Crippen LogP contribution in [0.4, 0.5) is 11.4 Å². The molecule has 23 heavy (non-hydrogen) atoms. The van der Waals surface area contributed by atoms with Crippen LogP contribution in [0.3, 0.4) is 0 Å². The van der Waals surface area contributed by atoms with Crippen LogP contribution in [-0.2, 0) is 23.1 Å². The van der Waals surface area contributed by atoms with Crippen LogP contribution in [0.2, 0.25) is 0 Å². The summed E-state index contributed by atoms with van der Waals surface area (Å²) in [6.45, 7) is 2.42. The third-order valence-corrected chi connectivity index (χ3v) is 5.39. The largest absolute Gasteiger partial charge is 0.335 e. The van der Waals surface area contributed by atoms with E-state index in [1.165, 1.54) is 11.1 Å². The van der Waals surface area contributed by atoms with Crippen molar-refractivity contribution in [1.82, 2.24) is 5.32 Å². The minimum atomic E-state index is -2.19. The lowest BCUT2D eigenvalue weighted by Crippen LogP contribution is -2.17. The van der Waals surface area contributed by atoms with Crippen LogP contribution in [0.5, 0.6) is 0 Å². The van der Waals surface area contributed by atoms with Crippen molar-refractivity contribution in [2.75, 3.05) is 24.5 Å². The lowest BCUT2D eigenvalue weighted by Gasteiger charge is -2.20. The van der Waals surface area contributed by atoms with E-state index in [1.807, 2.05) is 24.3 Å². The van der Waals surface area contributed by atoms with Crippen molar-refractivity contribution in [3.63, 3.8) is 0 Å². The summed E-state index contributed by atoms with van der Waals surface area (Å²) in [5.74, 6) is 0. The van der Waals surface area contributed by atoms with Crippen molar-refractivity contribution in [3.8, 4) is 0 Å². The van der Waals surface area contributed by atoms with Crippen molar-refractivity contribution in [2.24, 2.45) is 0 Å². The first-order valence-corrected chi connectivity index (χ1v) is 8.96. The normalized spacial score (nSPS) is 16.7. The average Bonchev–Trinajstić information content (AvgIpc) is 2.79. The number of fused-ring (bicyclic) bond motifs is 2. The molecule has 0 spiro atoms. The van der Waals surface area contributed by atoms with Crippen LogP contribution in [0.15, 0.2) is 42.5 Å². The third kappa shape index (κ3) is 2.56. The highest BCUT2D eigenvalue weighted by molar-refractivity contribution is 7.73. The van der Waals surface area contributed by atoms with E-state index in [0.717, 1.165) is 42.9 Å². The summed E-state index contributed by atoms with van der Waals surface area (Å²) in [6.07, 6.45) is 2.07. The van der Waals surface area contributed by atoms with Gasteiger partial charge in [0.15, 0.2) is 0 Å². The summed E-state index contributed by atoms with van der Waals surface area (Å²) < 4.78 is 23.1. The molecule has 0 bridgehead atoms. The molecule has 4 rings (SSSR count). The van der Waals surface area contributed by atoms with E-state index >= 15 is 0 Å². The molecule has 0 aliphatic carbocycles. The van der Waals surface area contributed by atoms with Crippen LogP contribution in [0.1, 0.15) is 16.7 Å². The van der Waals surface area contributed by atoms with Crippen molar-refractivity contribution in [3.05, 3.63) is 59.2 Å². The summed E-state index contributed by atoms with van der Waals surface area (Å²) in [4.78, 5) is 2.57. The van der Waals surface area contributed by atoms with Crippen LogP contribution in [0.25, 0.3) is 0 Å².